The highest BCUT2D eigenvalue weighted by atomic mass is 32.1. The molecule has 3 rings (SSSR count). The number of aromatic amines is 1. The molecule has 13 heteroatoms. The van der Waals surface area contributed by atoms with Gasteiger partial charge < -0.3 is 42.6 Å². The summed E-state index contributed by atoms with van der Waals surface area (Å²) in [5.74, 6) is -3.23. The van der Waals surface area contributed by atoms with Gasteiger partial charge in [0.25, 0.3) is 0 Å². The number of nitrogens with two attached hydrogens (primary N) is 2. The van der Waals surface area contributed by atoms with Gasteiger partial charge in [-0.15, -0.1) is 0 Å². The molecule has 0 bridgehead atoms. The van der Waals surface area contributed by atoms with Crippen molar-refractivity contribution in [2.45, 2.75) is 56.3 Å². The molecule has 42 heavy (non-hydrogen) atoms. The number of aromatic nitrogens is 1. The van der Waals surface area contributed by atoms with Gasteiger partial charge in [-0.25, -0.2) is 4.79 Å². The standard InChI is InChI=1S/C29H38N6O6S/c30-12-4-3-7-23(29(40)41)33-27(38)24(13-17-8-10-19(36)11-9-17)34-28(39)25(16-42)35-26(37)21(31)14-18-15-32-22-6-2-1-5-20(18)22/h1-2,5-6,8-11,15,21,23-25,32,36,42H,3-4,7,12-14,16,30-31H2,(H,33,38)(H,34,39)(H,35,37)(H,40,41). The van der Waals surface area contributed by atoms with Gasteiger partial charge in [0, 0.05) is 29.3 Å². The monoisotopic (exact) mass is 598 g/mol. The molecule has 4 unspecified atom stereocenters. The first-order valence-electron chi connectivity index (χ1n) is 13.7. The number of hydrogen-bond donors (Lipinski definition) is 9. The second kappa shape index (κ2) is 15.8. The van der Waals surface area contributed by atoms with Crippen LogP contribution in [0.25, 0.3) is 10.9 Å². The number of carbonyl (C=O) groups excluding carboxylic acids is 3. The molecular formula is C29H38N6O6S. The van der Waals surface area contributed by atoms with Gasteiger partial charge in [0.2, 0.25) is 17.7 Å². The topological polar surface area (TPSA) is 213 Å². The van der Waals surface area contributed by atoms with Gasteiger partial charge in [-0.3, -0.25) is 14.4 Å². The number of rotatable bonds is 16. The summed E-state index contributed by atoms with van der Waals surface area (Å²) in [5.41, 5.74) is 14.0. The first kappa shape index (κ1) is 32.4. The van der Waals surface area contributed by atoms with Crippen molar-refractivity contribution in [3.05, 3.63) is 65.9 Å². The van der Waals surface area contributed by atoms with Crippen molar-refractivity contribution in [2.24, 2.45) is 11.5 Å². The molecule has 1 heterocycles. The fourth-order valence-electron chi connectivity index (χ4n) is 4.47. The molecule has 0 saturated heterocycles. The third-order valence-corrected chi connectivity index (χ3v) is 7.20. The lowest BCUT2D eigenvalue weighted by molar-refractivity contribution is -0.142. The van der Waals surface area contributed by atoms with E-state index in [0.29, 0.717) is 24.9 Å². The number of aliphatic carboxylic acids is 1. The number of carbonyl (C=O) groups is 4. The Hall–Kier alpha value is -4.07. The molecule has 0 radical (unpaired) electrons. The van der Waals surface area contributed by atoms with E-state index in [0.717, 1.165) is 16.5 Å². The number of benzene rings is 2. The van der Waals surface area contributed by atoms with E-state index >= 15 is 0 Å². The Morgan fingerprint density at radius 1 is 0.857 bits per heavy atom. The summed E-state index contributed by atoms with van der Waals surface area (Å²) in [6, 6.07) is 9.21. The molecule has 12 nitrogen and oxygen atoms in total. The van der Waals surface area contributed by atoms with Crippen LogP contribution in [0.4, 0.5) is 0 Å². The van der Waals surface area contributed by atoms with Crippen LogP contribution in [0.15, 0.2) is 54.7 Å². The van der Waals surface area contributed by atoms with Crippen LogP contribution in [0.1, 0.15) is 30.4 Å². The summed E-state index contributed by atoms with van der Waals surface area (Å²) in [7, 11) is 0. The number of thiol groups is 1. The highest BCUT2D eigenvalue weighted by Gasteiger charge is 2.30. The molecule has 0 saturated carbocycles. The smallest absolute Gasteiger partial charge is 0.326 e. The summed E-state index contributed by atoms with van der Waals surface area (Å²) < 4.78 is 0. The minimum atomic E-state index is -1.21. The maximum absolute atomic E-state index is 13.2. The molecule has 0 fully saturated rings. The third-order valence-electron chi connectivity index (χ3n) is 6.84. The number of fused-ring (bicyclic) bond motifs is 1. The summed E-state index contributed by atoms with van der Waals surface area (Å²) in [6.07, 6.45) is 3.27. The number of unbranched alkanes of at least 4 members (excludes halogenated alkanes) is 1. The van der Waals surface area contributed by atoms with Crippen molar-refractivity contribution >= 4 is 47.2 Å². The van der Waals surface area contributed by atoms with Crippen LogP contribution in [0.3, 0.4) is 0 Å². The van der Waals surface area contributed by atoms with Crippen molar-refractivity contribution in [1.82, 2.24) is 20.9 Å². The van der Waals surface area contributed by atoms with Gasteiger partial charge in [0.1, 0.15) is 23.9 Å². The molecule has 2 aromatic carbocycles. The zero-order chi connectivity index (χ0) is 30.6. The molecule has 1 aromatic heterocycles. The molecule has 3 amide bonds. The fraction of sp³-hybridized carbons (Fsp3) is 0.379. The Morgan fingerprint density at radius 2 is 1.50 bits per heavy atom. The fourth-order valence-corrected chi connectivity index (χ4v) is 4.73. The van der Waals surface area contributed by atoms with E-state index in [1.54, 1.807) is 18.3 Å². The van der Waals surface area contributed by atoms with E-state index in [1.165, 1.54) is 12.1 Å². The van der Waals surface area contributed by atoms with Crippen LogP contribution in [-0.4, -0.2) is 75.4 Å². The molecule has 10 N–H and O–H groups in total. The second-order valence-corrected chi connectivity index (χ2v) is 10.4. The normalized spacial score (nSPS) is 14.0. The molecular weight excluding hydrogens is 560 g/mol. The average molecular weight is 599 g/mol. The number of para-hydroxylation sites is 1. The maximum atomic E-state index is 13.2. The minimum Gasteiger partial charge on any atom is -0.508 e. The maximum Gasteiger partial charge on any atom is 0.326 e. The van der Waals surface area contributed by atoms with Crippen LogP contribution in [0, 0.1) is 0 Å². The van der Waals surface area contributed by atoms with E-state index in [1.807, 2.05) is 24.3 Å². The van der Waals surface area contributed by atoms with Gasteiger partial charge in [0.05, 0.1) is 6.04 Å². The van der Waals surface area contributed by atoms with E-state index in [-0.39, 0.29) is 30.8 Å². The molecule has 0 aliphatic carbocycles. The van der Waals surface area contributed by atoms with Gasteiger partial charge in [-0.1, -0.05) is 30.3 Å². The van der Waals surface area contributed by atoms with Crippen LogP contribution in [-0.2, 0) is 32.0 Å². The molecule has 226 valence electrons. The number of phenolic OH excluding ortho intramolecular Hbond substituents is 1. The van der Waals surface area contributed by atoms with Gasteiger partial charge in [0.15, 0.2) is 0 Å². The second-order valence-electron chi connectivity index (χ2n) is 10.0. The Bertz CT molecular complexity index is 1360. The van der Waals surface area contributed by atoms with Gasteiger partial charge in [-0.2, -0.15) is 12.6 Å². The zero-order valence-electron chi connectivity index (χ0n) is 23.1. The lowest BCUT2D eigenvalue weighted by atomic mass is 10.0. The number of nitrogens with one attached hydrogen (secondary N) is 4. The third kappa shape index (κ3) is 9.23. The summed E-state index contributed by atoms with van der Waals surface area (Å²) in [4.78, 5) is 54.3. The van der Waals surface area contributed by atoms with Crippen molar-refractivity contribution in [2.75, 3.05) is 12.3 Å². The van der Waals surface area contributed by atoms with Crippen LogP contribution in [0.2, 0.25) is 0 Å². The zero-order valence-corrected chi connectivity index (χ0v) is 24.0. The number of hydrogen-bond acceptors (Lipinski definition) is 8. The van der Waals surface area contributed by atoms with Crippen molar-refractivity contribution in [3.8, 4) is 5.75 Å². The predicted octanol–water partition coefficient (Wildman–Crippen LogP) is 0.584. The summed E-state index contributed by atoms with van der Waals surface area (Å²) in [6.45, 7) is 0.391. The number of phenols is 1. The van der Waals surface area contributed by atoms with Crippen LogP contribution < -0.4 is 27.4 Å². The molecule has 0 aliphatic rings. The number of carboxylic acids is 1. The Kier molecular flexibility index (Phi) is 12.2. The quantitative estimate of drug-likeness (QED) is 0.0838. The molecule has 0 spiro atoms. The molecule has 4 atom stereocenters. The molecule has 3 aromatic rings. The predicted molar refractivity (Wildman–Crippen MR) is 162 cm³/mol. The first-order chi connectivity index (χ1) is 20.1. The van der Waals surface area contributed by atoms with Gasteiger partial charge >= 0.3 is 5.97 Å². The largest absolute Gasteiger partial charge is 0.508 e. The molecule has 0 aliphatic heterocycles. The SMILES string of the molecule is NCCCCC(NC(=O)C(Cc1ccc(O)cc1)NC(=O)C(CS)NC(=O)C(N)Cc1c[nH]c2ccccc12)C(=O)O. The van der Waals surface area contributed by atoms with E-state index in [2.05, 4.69) is 33.6 Å². The lowest BCUT2D eigenvalue weighted by Crippen LogP contribution is -2.58. The Balaban J connectivity index is 1.69. The van der Waals surface area contributed by atoms with Gasteiger partial charge in [-0.05, 0) is 61.6 Å². The number of H-pyrrole nitrogens is 1. The summed E-state index contributed by atoms with van der Waals surface area (Å²) in [5, 5.41) is 27.9. The van der Waals surface area contributed by atoms with Crippen LogP contribution in [0.5, 0.6) is 5.75 Å². The van der Waals surface area contributed by atoms with Crippen molar-refractivity contribution in [1.29, 1.82) is 0 Å². The Labute approximate surface area is 249 Å². The minimum absolute atomic E-state index is 0.000305. The number of carboxylic acid groups (broad SMARTS) is 1. The van der Waals surface area contributed by atoms with E-state index < -0.39 is 47.9 Å². The number of amides is 3. The van der Waals surface area contributed by atoms with Crippen molar-refractivity contribution in [3.63, 3.8) is 0 Å². The lowest BCUT2D eigenvalue weighted by Gasteiger charge is -2.25. The number of aromatic hydroxyl groups is 1. The first-order valence-corrected chi connectivity index (χ1v) is 14.3. The van der Waals surface area contributed by atoms with E-state index in [4.69, 9.17) is 11.5 Å². The summed E-state index contributed by atoms with van der Waals surface area (Å²) >= 11 is 4.21. The Morgan fingerprint density at radius 3 is 2.17 bits per heavy atom. The van der Waals surface area contributed by atoms with Crippen LogP contribution >= 0.6 is 12.6 Å². The van der Waals surface area contributed by atoms with Crippen molar-refractivity contribution < 1.29 is 29.4 Å². The highest BCUT2D eigenvalue weighted by molar-refractivity contribution is 7.80. The average Bonchev–Trinajstić information content (AvgIpc) is 3.38. The highest BCUT2D eigenvalue weighted by Crippen LogP contribution is 2.19. The van der Waals surface area contributed by atoms with E-state index in [9.17, 15) is 29.4 Å².